The zero-order chi connectivity index (χ0) is 16.7. The predicted molar refractivity (Wildman–Crippen MR) is 89.3 cm³/mol. The molecule has 2 rings (SSSR count). The highest BCUT2D eigenvalue weighted by Gasteiger charge is 2.20. The van der Waals surface area contributed by atoms with Crippen LogP contribution in [0.5, 0.6) is 5.75 Å². The van der Waals surface area contributed by atoms with Gasteiger partial charge in [0.2, 0.25) is 10.0 Å². The number of nitrogens with zero attached hydrogens (tertiary/aromatic N) is 1. The quantitative estimate of drug-likeness (QED) is 0.775. The van der Waals surface area contributed by atoms with Gasteiger partial charge < -0.3 is 9.47 Å². The van der Waals surface area contributed by atoms with Gasteiger partial charge >= 0.3 is 0 Å². The maximum atomic E-state index is 12.4. The van der Waals surface area contributed by atoms with Gasteiger partial charge in [0.05, 0.1) is 24.7 Å². The van der Waals surface area contributed by atoms with E-state index in [0.717, 1.165) is 19.5 Å². The van der Waals surface area contributed by atoms with Gasteiger partial charge in [-0.3, -0.25) is 4.90 Å². The normalized spacial score (nSPS) is 17.8. The second-order valence-corrected chi connectivity index (χ2v) is 7.47. The van der Waals surface area contributed by atoms with Crippen LogP contribution in [0.4, 0.5) is 0 Å². The van der Waals surface area contributed by atoms with Crippen LogP contribution in [0.15, 0.2) is 29.2 Å². The Kier molecular flexibility index (Phi) is 6.83. The average molecular weight is 342 g/mol. The monoisotopic (exact) mass is 342 g/mol. The Labute approximate surface area is 138 Å². The molecule has 0 amide bonds. The molecule has 23 heavy (non-hydrogen) atoms. The van der Waals surface area contributed by atoms with Crippen molar-refractivity contribution in [2.24, 2.45) is 0 Å². The van der Waals surface area contributed by atoms with E-state index < -0.39 is 10.0 Å². The summed E-state index contributed by atoms with van der Waals surface area (Å²) in [5.41, 5.74) is 0. The van der Waals surface area contributed by atoms with E-state index in [-0.39, 0.29) is 10.9 Å². The number of nitrogens with one attached hydrogen (secondary N) is 1. The van der Waals surface area contributed by atoms with Gasteiger partial charge in [0, 0.05) is 25.7 Å². The maximum absolute atomic E-state index is 12.4. The molecular formula is C16H26N2O4S. The van der Waals surface area contributed by atoms with Crippen molar-refractivity contribution in [3.63, 3.8) is 0 Å². The average Bonchev–Trinajstić information content (AvgIpc) is 2.53. The Morgan fingerprint density at radius 3 is 2.52 bits per heavy atom. The Hall–Kier alpha value is -1.15. The van der Waals surface area contributed by atoms with E-state index in [9.17, 15) is 8.42 Å². The lowest BCUT2D eigenvalue weighted by molar-refractivity contribution is 0.0354. The molecule has 0 aliphatic carbocycles. The molecule has 1 aromatic carbocycles. The van der Waals surface area contributed by atoms with E-state index >= 15 is 0 Å². The zero-order valence-electron chi connectivity index (χ0n) is 13.8. The van der Waals surface area contributed by atoms with Crippen molar-refractivity contribution < 1.29 is 17.9 Å². The lowest BCUT2D eigenvalue weighted by atomic mass is 10.3. The summed E-state index contributed by atoms with van der Waals surface area (Å²) in [5, 5.41) is 0. The molecular weight excluding hydrogens is 316 g/mol. The minimum atomic E-state index is -3.51. The smallest absolute Gasteiger partial charge is 0.240 e. The second-order valence-electron chi connectivity index (χ2n) is 5.76. The molecule has 130 valence electrons. The SMILES string of the molecule is CCCOc1ccc(S(=O)(=O)N[C@@H](C)CN2CCOCC2)cc1. The number of rotatable bonds is 8. The number of benzene rings is 1. The molecule has 0 bridgehead atoms. The summed E-state index contributed by atoms with van der Waals surface area (Å²) >= 11 is 0. The molecule has 0 radical (unpaired) electrons. The minimum absolute atomic E-state index is 0.158. The summed E-state index contributed by atoms with van der Waals surface area (Å²) in [6.45, 7) is 8.31. The Balaban J connectivity index is 1.91. The molecule has 1 atom stereocenters. The minimum Gasteiger partial charge on any atom is -0.494 e. The molecule has 1 fully saturated rings. The molecule has 0 unspecified atom stereocenters. The van der Waals surface area contributed by atoms with Crippen LogP contribution in [0.3, 0.4) is 0 Å². The molecule has 0 saturated carbocycles. The van der Waals surface area contributed by atoms with Crippen LogP contribution in [0, 0.1) is 0 Å². The molecule has 0 aromatic heterocycles. The van der Waals surface area contributed by atoms with Crippen LogP contribution in [0.2, 0.25) is 0 Å². The standard InChI is InChI=1S/C16H26N2O4S/c1-3-10-22-15-4-6-16(7-5-15)23(19,20)17-14(2)13-18-8-11-21-12-9-18/h4-7,14,17H,3,8-13H2,1-2H3/t14-/m0/s1. The van der Waals surface area contributed by atoms with Crippen molar-refractivity contribution in [2.45, 2.75) is 31.2 Å². The lowest BCUT2D eigenvalue weighted by Crippen LogP contribution is -2.45. The van der Waals surface area contributed by atoms with Gasteiger partial charge in [-0.2, -0.15) is 0 Å². The van der Waals surface area contributed by atoms with E-state index in [1.165, 1.54) is 0 Å². The van der Waals surface area contributed by atoms with Gasteiger partial charge in [-0.1, -0.05) is 6.92 Å². The third kappa shape index (κ3) is 5.76. The first kappa shape index (κ1) is 18.2. The summed E-state index contributed by atoms with van der Waals surface area (Å²) in [7, 11) is -3.51. The van der Waals surface area contributed by atoms with Crippen molar-refractivity contribution in [1.82, 2.24) is 9.62 Å². The summed E-state index contributed by atoms with van der Waals surface area (Å²) in [4.78, 5) is 2.47. The number of ether oxygens (including phenoxy) is 2. The first-order valence-corrected chi connectivity index (χ1v) is 9.55. The summed E-state index contributed by atoms with van der Waals surface area (Å²) in [5.74, 6) is 0.687. The predicted octanol–water partition coefficient (Wildman–Crippen LogP) is 1.47. The topological polar surface area (TPSA) is 67.9 Å². The van der Waals surface area contributed by atoms with Gasteiger partial charge in [0.15, 0.2) is 0 Å². The van der Waals surface area contributed by atoms with E-state index in [4.69, 9.17) is 9.47 Å². The Morgan fingerprint density at radius 1 is 1.26 bits per heavy atom. The fourth-order valence-electron chi connectivity index (χ4n) is 2.48. The summed E-state index contributed by atoms with van der Waals surface area (Å²) in [6, 6.07) is 6.38. The van der Waals surface area contributed by atoms with Crippen LogP contribution >= 0.6 is 0 Å². The van der Waals surface area contributed by atoms with E-state index in [1.54, 1.807) is 24.3 Å². The lowest BCUT2D eigenvalue weighted by Gasteiger charge is -2.29. The summed E-state index contributed by atoms with van der Waals surface area (Å²) in [6.07, 6.45) is 0.917. The molecule has 6 nitrogen and oxygen atoms in total. The molecule has 1 N–H and O–H groups in total. The molecule has 1 aliphatic rings. The first-order chi connectivity index (χ1) is 11.0. The van der Waals surface area contributed by atoms with Crippen LogP contribution in [-0.2, 0) is 14.8 Å². The van der Waals surface area contributed by atoms with Crippen molar-refractivity contribution in [2.75, 3.05) is 39.5 Å². The Morgan fingerprint density at radius 2 is 1.91 bits per heavy atom. The van der Waals surface area contributed by atoms with Crippen LogP contribution in [0.25, 0.3) is 0 Å². The number of sulfonamides is 1. The first-order valence-electron chi connectivity index (χ1n) is 8.06. The fraction of sp³-hybridized carbons (Fsp3) is 0.625. The van der Waals surface area contributed by atoms with Gasteiger partial charge in [0.25, 0.3) is 0 Å². The van der Waals surface area contributed by atoms with Crippen molar-refractivity contribution in [3.05, 3.63) is 24.3 Å². The summed E-state index contributed by atoms with van der Waals surface area (Å²) < 4.78 is 38.3. The molecule has 1 aliphatic heterocycles. The molecule has 1 saturated heterocycles. The van der Waals surface area contributed by atoms with Crippen LogP contribution < -0.4 is 9.46 Å². The highest BCUT2D eigenvalue weighted by atomic mass is 32.2. The molecule has 7 heteroatoms. The van der Waals surface area contributed by atoms with Gasteiger partial charge in [-0.15, -0.1) is 0 Å². The largest absolute Gasteiger partial charge is 0.494 e. The highest BCUT2D eigenvalue weighted by molar-refractivity contribution is 7.89. The van der Waals surface area contributed by atoms with Gasteiger partial charge in [0.1, 0.15) is 5.75 Å². The third-order valence-electron chi connectivity index (χ3n) is 3.60. The van der Waals surface area contributed by atoms with Gasteiger partial charge in [-0.25, -0.2) is 13.1 Å². The Bertz CT molecular complexity index is 568. The third-order valence-corrected chi connectivity index (χ3v) is 5.20. The fourth-order valence-corrected chi connectivity index (χ4v) is 3.71. The molecule has 0 spiro atoms. The number of morpholine rings is 1. The zero-order valence-corrected chi connectivity index (χ0v) is 14.6. The highest BCUT2D eigenvalue weighted by Crippen LogP contribution is 2.16. The molecule has 1 aromatic rings. The second kappa shape index (κ2) is 8.63. The van der Waals surface area contributed by atoms with E-state index in [2.05, 4.69) is 9.62 Å². The van der Waals surface area contributed by atoms with Crippen LogP contribution in [-0.4, -0.2) is 58.8 Å². The van der Waals surface area contributed by atoms with Crippen molar-refractivity contribution in [1.29, 1.82) is 0 Å². The maximum Gasteiger partial charge on any atom is 0.240 e. The number of hydrogen-bond donors (Lipinski definition) is 1. The van der Waals surface area contributed by atoms with Crippen molar-refractivity contribution in [3.8, 4) is 5.75 Å². The van der Waals surface area contributed by atoms with E-state index in [0.29, 0.717) is 32.1 Å². The van der Waals surface area contributed by atoms with Crippen molar-refractivity contribution >= 4 is 10.0 Å². The number of hydrogen-bond acceptors (Lipinski definition) is 5. The molecule has 1 heterocycles. The van der Waals surface area contributed by atoms with Crippen LogP contribution in [0.1, 0.15) is 20.3 Å². The van der Waals surface area contributed by atoms with Gasteiger partial charge in [-0.05, 0) is 37.6 Å². The van der Waals surface area contributed by atoms with E-state index in [1.807, 2.05) is 13.8 Å².